The van der Waals surface area contributed by atoms with Gasteiger partial charge in [-0.1, -0.05) is 0 Å². The number of rotatable bonds is 6. The third-order valence-corrected chi connectivity index (χ3v) is 3.36. The van der Waals surface area contributed by atoms with Crippen molar-refractivity contribution in [2.24, 2.45) is 5.73 Å². The molecule has 2 aromatic rings. The first-order chi connectivity index (χ1) is 9.62. The Morgan fingerprint density at radius 1 is 1.40 bits per heavy atom. The van der Waals surface area contributed by atoms with Crippen molar-refractivity contribution >= 4 is 28.1 Å². The number of ether oxygens (including phenoxy) is 2. The summed E-state index contributed by atoms with van der Waals surface area (Å²) in [6.07, 6.45) is 0.132. The van der Waals surface area contributed by atoms with Gasteiger partial charge in [-0.3, -0.25) is 4.79 Å². The average Bonchev–Trinajstić information content (AvgIpc) is 2.85. The Hall–Kier alpha value is -2.28. The SMILES string of the molecule is COc1ccc(OC)c(Nc2nc(CC(N)=O)cs2)c1. The van der Waals surface area contributed by atoms with Crippen molar-refractivity contribution in [3.63, 3.8) is 0 Å². The predicted octanol–water partition coefficient (Wildman–Crippen LogP) is 1.93. The number of hydrogen-bond donors (Lipinski definition) is 2. The average molecular weight is 293 g/mol. The smallest absolute Gasteiger partial charge is 0.223 e. The van der Waals surface area contributed by atoms with E-state index in [1.807, 2.05) is 12.1 Å². The van der Waals surface area contributed by atoms with Crippen LogP contribution in [0.2, 0.25) is 0 Å². The third-order valence-electron chi connectivity index (χ3n) is 2.56. The number of benzene rings is 1. The minimum Gasteiger partial charge on any atom is -0.497 e. The quantitative estimate of drug-likeness (QED) is 0.850. The Bertz CT molecular complexity index is 613. The van der Waals surface area contributed by atoms with Gasteiger partial charge in [-0.15, -0.1) is 11.3 Å². The van der Waals surface area contributed by atoms with Crippen LogP contribution in [0.15, 0.2) is 23.6 Å². The molecule has 0 bridgehead atoms. The summed E-state index contributed by atoms with van der Waals surface area (Å²) in [6.45, 7) is 0. The number of carbonyl (C=O) groups excluding carboxylic acids is 1. The highest BCUT2D eigenvalue weighted by molar-refractivity contribution is 7.13. The van der Waals surface area contributed by atoms with Crippen molar-refractivity contribution in [2.75, 3.05) is 19.5 Å². The molecule has 0 atom stereocenters. The monoisotopic (exact) mass is 293 g/mol. The molecule has 0 fully saturated rings. The van der Waals surface area contributed by atoms with Crippen molar-refractivity contribution in [1.29, 1.82) is 0 Å². The number of primary amides is 1. The Morgan fingerprint density at radius 3 is 2.85 bits per heavy atom. The standard InChI is InChI=1S/C13H15N3O3S/c1-18-9-3-4-11(19-2)10(6-9)16-13-15-8(7-20-13)5-12(14)17/h3-4,6-7H,5H2,1-2H3,(H2,14,17)(H,15,16). The molecule has 0 aliphatic carbocycles. The molecule has 0 saturated carbocycles. The lowest BCUT2D eigenvalue weighted by Gasteiger charge is -2.10. The second-order valence-electron chi connectivity index (χ2n) is 3.98. The van der Waals surface area contributed by atoms with E-state index in [0.717, 1.165) is 5.69 Å². The summed E-state index contributed by atoms with van der Waals surface area (Å²) < 4.78 is 10.4. The summed E-state index contributed by atoms with van der Waals surface area (Å²) in [4.78, 5) is 15.1. The van der Waals surface area contributed by atoms with Gasteiger partial charge in [-0.2, -0.15) is 0 Å². The predicted molar refractivity (Wildman–Crippen MR) is 77.8 cm³/mol. The van der Waals surface area contributed by atoms with E-state index in [2.05, 4.69) is 10.3 Å². The lowest BCUT2D eigenvalue weighted by Crippen LogP contribution is -2.13. The molecule has 0 aliphatic rings. The van der Waals surface area contributed by atoms with E-state index < -0.39 is 5.91 Å². The highest BCUT2D eigenvalue weighted by Crippen LogP contribution is 2.32. The molecule has 0 spiro atoms. The molecule has 1 heterocycles. The minimum atomic E-state index is -0.402. The molecule has 1 aromatic carbocycles. The van der Waals surface area contributed by atoms with Gasteiger partial charge in [0.05, 0.1) is 32.0 Å². The summed E-state index contributed by atoms with van der Waals surface area (Å²) in [5.74, 6) is 0.987. The lowest BCUT2D eigenvalue weighted by molar-refractivity contribution is -0.117. The molecule has 2 rings (SSSR count). The van der Waals surface area contributed by atoms with Gasteiger partial charge in [0.1, 0.15) is 11.5 Å². The zero-order valence-electron chi connectivity index (χ0n) is 11.2. The maximum absolute atomic E-state index is 10.9. The molecule has 0 radical (unpaired) electrons. The van der Waals surface area contributed by atoms with Gasteiger partial charge < -0.3 is 20.5 Å². The summed E-state index contributed by atoms with van der Waals surface area (Å²) in [7, 11) is 3.19. The van der Waals surface area contributed by atoms with Crippen molar-refractivity contribution < 1.29 is 14.3 Å². The molecule has 0 unspecified atom stereocenters. The molecule has 3 N–H and O–H groups in total. The van der Waals surface area contributed by atoms with Crippen molar-refractivity contribution in [1.82, 2.24) is 4.98 Å². The van der Waals surface area contributed by atoms with Gasteiger partial charge in [0, 0.05) is 11.4 Å². The van der Waals surface area contributed by atoms with Crippen LogP contribution in [0, 0.1) is 0 Å². The van der Waals surface area contributed by atoms with E-state index >= 15 is 0 Å². The van der Waals surface area contributed by atoms with E-state index in [4.69, 9.17) is 15.2 Å². The Morgan fingerprint density at radius 2 is 2.20 bits per heavy atom. The molecular weight excluding hydrogens is 278 g/mol. The number of thiazole rings is 1. The van der Waals surface area contributed by atoms with Crippen LogP contribution in [-0.2, 0) is 11.2 Å². The van der Waals surface area contributed by atoms with Gasteiger partial charge in [0.15, 0.2) is 5.13 Å². The van der Waals surface area contributed by atoms with Crippen LogP contribution in [0.4, 0.5) is 10.8 Å². The lowest BCUT2D eigenvalue weighted by atomic mass is 10.2. The molecule has 1 amide bonds. The molecule has 7 heteroatoms. The van der Waals surface area contributed by atoms with Gasteiger partial charge in [0.2, 0.25) is 5.91 Å². The maximum Gasteiger partial charge on any atom is 0.223 e. The first-order valence-electron chi connectivity index (χ1n) is 5.84. The van der Waals surface area contributed by atoms with Gasteiger partial charge >= 0.3 is 0 Å². The topological polar surface area (TPSA) is 86.5 Å². The Labute approximate surface area is 120 Å². The van der Waals surface area contributed by atoms with E-state index in [1.165, 1.54) is 11.3 Å². The normalized spacial score (nSPS) is 10.1. The highest BCUT2D eigenvalue weighted by Gasteiger charge is 2.09. The molecule has 106 valence electrons. The molecule has 0 saturated heterocycles. The largest absolute Gasteiger partial charge is 0.497 e. The Kier molecular flexibility index (Phi) is 4.41. The second kappa shape index (κ2) is 6.25. The fourth-order valence-corrected chi connectivity index (χ4v) is 2.37. The number of hydrogen-bond acceptors (Lipinski definition) is 6. The molecule has 6 nitrogen and oxygen atoms in total. The minimum absolute atomic E-state index is 0.132. The first-order valence-corrected chi connectivity index (χ1v) is 6.72. The van der Waals surface area contributed by atoms with Crippen LogP contribution in [-0.4, -0.2) is 25.1 Å². The van der Waals surface area contributed by atoms with Crippen molar-refractivity contribution in [3.8, 4) is 11.5 Å². The van der Waals surface area contributed by atoms with Gasteiger partial charge in [-0.05, 0) is 12.1 Å². The maximum atomic E-state index is 10.9. The number of nitrogens with two attached hydrogens (primary N) is 1. The summed E-state index contributed by atoms with van der Waals surface area (Å²) in [6, 6.07) is 5.43. The third kappa shape index (κ3) is 3.39. The second-order valence-corrected chi connectivity index (χ2v) is 4.84. The Balaban J connectivity index is 2.20. The number of amides is 1. The van der Waals surface area contributed by atoms with E-state index in [-0.39, 0.29) is 6.42 Å². The fourth-order valence-electron chi connectivity index (χ4n) is 1.65. The van der Waals surface area contributed by atoms with E-state index in [1.54, 1.807) is 25.7 Å². The van der Waals surface area contributed by atoms with Gasteiger partial charge in [-0.25, -0.2) is 4.98 Å². The van der Waals surface area contributed by atoms with E-state index in [0.29, 0.717) is 22.3 Å². The molecule has 1 aromatic heterocycles. The highest BCUT2D eigenvalue weighted by atomic mass is 32.1. The van der Waals surface area contributed by atoms with Crippen LogP contribution in [0.1, 0.15) is 5.69 Å². The number of nitrogens with one attached hydrogen (secondary N) is 1. The first kappa shape index (κ1) is 14.1. The van der Waals surface area contributed by atoms with Crippen molar-refractivity contribution in [3.05, 3.63) is 29.3 Å². The molecule has 0 aliphatic heterocycles. The molecule has 20 heavy (non-hydrogen) atoms. The van der Waals surface area contributed by atoms with E-state index in [9.17, 15) is 4.79 Å². The van der Waals surface area contributed by atoms with Crippen LogP contribution in [0.25, 0.3) is 0 Å². The molecular formula is C13H15N3O3S. The number of carbonyl (C=O) groups is 1. The number of methoxy groups -OCH3 is 2. The van der Waals surface area contributed by atoms with Gasteiger partial charge in [0.25, 0.3) is 0 Å². The summed E-state index contributed by atoms with van der Waals surface area (Å²) >= 11 is 1.39. The zero-order chi connectivity index (χ0) is 14.5. The zero-order valence-corrected chi connectivity index (χ0v) is 12.0. The summed E-state index contributed by atoms with van der Waals surface area (Å²) in [5.41, 5.74) is 6.53. The summed E-state index contributed by atoms with van der Waals surface area (Å²) in [5, 5.41) is 5.59. The van der Waals surface area contributed by atoms with Crippen LogP contribution < -0.4 is 20.5 Å². The van der Waals surface area contributed by atoms with Crippen molar-refractivity contribution in [2.45, 2.75) is 6.42 Å². The fraction of sp³-hybridized carbons (Fsp3) is 0.231. The number of anilines is 2. The van der Waals surface area contributed by atoms with Crippen LogP contribution in [0.5, 0.6) is 11.5 Å². The number of nitrogens with zero attached hydrogens (tertiary/aromatic N) is 1. The van der Waals surface area contributed by atoms with Crippen LogP contribution >= 0.6 is 11.3 Å². The van der Waals surface area contributed by atoms with Crippen LogP contribution in [0.3, 0.4) is 0 Å². The number of aromatic nitrogens is 1.